The predicted octanol–water partition coefficient (Wildman–Crippen LogP) is 4.79. The van der Waals surface area contributed by atoms with Gasteiger partial charge in [0.05, 0.1) is 13.2 Å². The molecule has 0 atom stereocenters. The lowest BCUT2D eigenvalue weighted by Gasteiger charge is -2.31. The number of ether oxygens (including phenoxy) is 1. The zero-order valence-electron chi connectivity index (χ0n) is 14.6. The van der Waals surface area contributed by atoms with E-state index in [-0.39, 0.29) is 0 Å². The lowest BCUT2D eigenvalue weighted by Crippen LogP contribution is -2.36. The largest absolute Gasteiger partial charge is 0.454 e. The number of morpholine rings is 1. The van der Waals surface area contributed by atoms with E-state index in [9.17, 15) is 18.0 Å². The van der Waals surface area contributed by atoms with Gasteiger partial charge >= 0.3 is 6.18 Å². The molecule has 0 amide bonds. The summed E-state index contributed by atoms with van der Waals surface area (Å²) in [6.07, 6.45) is 0.400. The molecular weight excluding hydrogens is 379 g/mol. The average molecular weight is 398 g/mol. The van der Waals surface area contributed by atoms with Crippen LogP contribution in [0, 0.1) is 0 Å². The third kappa shape index (κ3) is 5.02. The highest BCUT2D eigenvalue weighted by Crippen LogP contribution is 2.36. The van der Waals surface area contributed by atoms with Crippen molar-refractivity contribution in [3.8, 4) is 0 Å². The van der Waals surface area contributed by atoms with Crippen molar-refractivity contribution >= 4 is 23.5 Å². The maximum absolute atomic E-state index is 12.5. The molecule has 0 bridgehead atoms. The third-order valence-corrected chi connectivity index (χ3v) is 4.78. The van der Waals surface area contributed by atoms with Crippen molar-refractivity contribution in [2.45, 2.75) is 19.0 Å². The fourth-order valence-corrected chi connectivity index (χ4v) is 3.37. The van der Waals surface area contributed by atoms with Crippen LogP contribution in [0.3, 0.4) is 0 Å². The molecule has 144 valence electrons. The summed E-state index contributed by atoms with van der Waals surface area (Å²) in [5.41, 5.74) is 3.66. The monoisotopic (exact) mass is 397 g/mol. The lowest BCUT2D eigenvalue weighted by molar-refractivity contribution is -0.165. The van der Waals surface area contributed by atoms with Gasteiger partial charge in [-0.05, 0) is 53.8 Å². The van der Waals surface area contributed by atoms with Crippen LogP contribution in [0.1, 0.15) is 18.4 Å². The van der Waals surface area contributed by atoms with Crippen molar-refractivity contribution in [3.05, 3.63) is 63.8 Å². The second kappa shape index (κ2) is 8.31. The Morgan fingerprint density at radius 2 is 1.78 bits per heavy atom. The number of allylic oxidation sites excluding steroid dienone is 4. The summed E-state index contributed by atoms with van der Waals surface area (Å²) in [7, 11) is 0. The summed E-state index contributed by atoms with van der Waals surface area (Å²) < 4.78 is 42.9. The zero-order valence-corrected chi connectivity index (χ0v) is 15.3. The highest BCUT2D eigenvalue weighted by Gasteiger charge is 2.36. The number of benzene rings is 1. The lowest BCUT2D eigenvalue weighted by atomic mass is 10.1. The van der Waals surface area contributed by atoms with Gasteiger partial charge in [-0.3, -0.25) is 4.79 Å². The van der Waals surface area contributed by atoms with Gasteiger partial charge in [-0.25, -0.2) is 0 Å². The molecule has 1 aromatic rings. The molecule has 0 radical (unpaired) electrons. The van der Waals surface area contributed by atoms with Crippen LogP contribution in [0.5, 0.6) is 0 Å². The molecular formula is C20H19ClF3NO2. The number of alkyl halides is 3. The first-order valence-corrected chi connectivity index (χ1v) is 9.04. The molecule has 1 fully saturated rings. The van der Waals surface area contributed by atoms with Gasteiger partial charge in [0.2, 0.25) is 0 Å². The number of carbonyl (C=O) groups excluding carboxylic acids is 1. The van der Waals surface area contributed by atoms with E-state index in [4.69, 9.17) is 16.3 Å². The Hall–Kier alpha value is -2.05. The van der Waals surface area contributed by atoms with Crippen LogP contribution in [-0.2, 0) is 9.53 Å². The quantitative estimate of drug-likeness (QED) is 0.684. The number of carbonyl (C=O) groups is 1. The summed E-state index contributed by atoms with van der Waals surface area (Å²) in [5, 5.41) is 0.641. The molecule has 1 heterocycles. The Morgan fingerprint density at radius 3 is 2.41 bits per heavy atom. The van der Waals surface area contributed by atoms with Gasteiger partial charge in [0.25, 0.3) is 5.78 Å². The SMILES string of the molecule is O=C(/C=C/C1=C(N2CCOCC2)C(=C\c2ccc(Cl)cc2)/CC1)C(F)(F)F. The Bertz CT molecular complexity index is 788. The number of nitrogens with zero attached hydrogens (tertiary/aromatic N) is 1. The molecule has 27 heavy (non-hydrogen) atoms. The summed E-state index contributed by atoms with van der Waals surface area (Å²) in [6.45, 7) is 2.46. The predicted molar refractivity (Wildman–Crippen MR) is 98.3 cm³/mol. The standard InChI is InChI=1S/C20H19ClF3NO2/c21-17-6-1-14(2-7-17)13-16-4-3-15(5-8-18(26)20(22,23)24)19(16)25-9-11-27-12-10-25/h1-2,5-8,13H,3-4,9-12H2/b8-5+,16-13-. The molecule has 7 heteroatoms. The minimum atomic E-state index is -4.85. The summed E-state index contributed by atoms with van der Waals surface area (Å²) in [5.74, 6) is -1.84. The van der Waals surface area contributed by atoms with Crippen molar-refractivity contribution < 1.29 is 22.7 Å². The van der Waals surface area contributed by atoms with Crippen LogP contribution in [0.2, 0.25) is 5.02 Å². The Labute approximate surface area is 160 Å². The second-order valence-corrected chi connectivity index (χ2v) is 6.83. The first-order chi connectivity index (χ1) is 12.8. The number of halogens is 4. The number of rotatable bonds is 4. The van der Waals surface area contributed by atoms with Gasteiger partial charge in [-0.1, -0.05) is 29.8 Å². The van der Waals surface area contributed by atoms with E-state index in [0.29, 0.717) is 50.2 Å². The topological polar surface area (TPSA) is 29.5 Å². The molecule has 0 aromatic heterocycles. The molecule has 0 unspecified atom stereocenters. The van der Waals surface area contributed by atoms with E-state index in [1.54, 1.807) is 12.1 Å². The van der Waals surface area contributed by atoms with Crippen molar-refractivity contribution in [2.75, 3.05) is 26.3 Å². The molecule has 1 aromatic carbocycles. The Kier molecular flexibility index (Phi) is 6.07. The molecule has 3 nitrogen and oxygen atoms in total. The van der Waals surface area contributed by atoms with Crippen molar-refractivity contribution in [2.24, 2.45) is 0 Å². The van der Waals surface area contributed by atoms with Crippen LogP contribution in [0.25, 0.3) is 6.08 Å². The summed E-state index contributed by atoms with van der Waals surface area (Å²) >= 11 is 5.92. The highest BCUT2D eigenvalue weighted by molar-refractivity contribution is 6.30. The number of hydrogen-bond donors (Lipinski definition) is 0. The van der Waals surface area contributed by atoms with Crippen LogP contribution in [-0.4, -0.2) is 43.2 Å². The van der Waals surface area contributed by atoms with Crippen molar-refractivity contribution in [1.82, 2.24) is 4.90 Å². The third-order valence-electron chi connectivity index (χ3n) is 4.53. The minimum absolute atomic E-state index is 0.566. The average Bonchev–Trinajstić information content (AvgIpc) is 3.04. The van der Waals surface area contributed by atoms with Gasteiger partial charge < -0.3 is 9.64 Å². The molecule has 3 rings (SSSR count). The highest BCUT2D eigenvalue weighted by atomic mass is 35.5. The van der Waals surface area contributed by atoms with Gasteiger partial charge in [-0.2, -0.15) is 13.2 Å². The molecule has 1 aliphatic heterocycles. The molecule has 0 spiro atoms. The number of ketones is 1. The van der Waals surface area contributed by atoms with Crippen LogP contribution >= 0.6 is 11.6 Å². The van der Waals surface area contributed by atoms with E-state index >= 15 is 0 Å². The van der Waals surface area contributed by atoms with Crippen molar-refractivity contribution in [3.63, 3.8) is 0 Å². The van der Waals surface area contributed by atoms with Gasteiger partial charge in [0, 0.05) is 23.8 Å². The zero-order chi connectivity index (χ0) is 19.4. The fraction of sp³-hybridized carbons (Fsp3) is 0.350. The minimum Gasteiger partial charge on any atom is -0.378 e. The Morgan fingerprint density at radius 1 is 1.11 bits per heavy atom. The maximum atomic E-state index is 12.5. The molecule has 1 saturated heterocycles. The van der Waals surface area contributed by atoms with Gasteiger partial charge in [-0.15, -0.1) is 0 Å². The van der Waals surface area contributed by atoms with Gasteiger partial charge in [0.1, 0.15) is 0 Å². The fourth-order valence-electron chi connectivity index (χ4n) is 3.24. The van der Waals surface area contributed by atoms with E-state index < -0.39 is 12.0 Å². The van der Waals surface area contributed by atoms with Crippen LogP contribution in [0.4, 0.5) is 13.2 Å². The molecule has 2 aliphatic rings. The van der Waals surface area contributed by atoms with E-state index in [1.807, 2.05) is 18.2 Å². The second-order valence-electron chi connectivity index (χ2n) is 6.39. The first-order valence-electron chi connectivity index (χ1n) is 8.66. The molecule has 0 saturated carbocycles. The summed E-state index contributed by atoms with van der Waals surface area (Å²) in [6, 6.07) is 7.38. The van der Waals surface area contributed by atoms with Crippen LogP contribution in [0.15, 0.2) is 53.3 Å². The summed E-state index contributed by atoms with van der Waals surface area (Å²) in [4.78, 5) is 13.3. The van der Waals surface area contributed by atoms with E-state index in [1.165, 1.54) is 6.08 Å². The molecule has 1 aliphatic carbocycles. The van der Waals surface area contributed by atoms with E-state index in [0.717, 1.165) is 22.4 Å². The normalized spacial score (nSPS) is 20.1. The maximum Gasteiger partial charge on any atom is 0.454 e. The Balaban J connectivity index is 1.94. The number of hydrogen-bond acceptors (Lipinski definition) is 3. The molecule has 0 N–H and O–H groups in total. The van der Waals surface area contributed by atoms with Crippen LogP contribution < -0.4 is 0 Å². The van der Waals surface area contributed by atoms with Crippen molar-refractivity contribution in [1.29, 1.82) is 0 Å². The first kappa shape index (κ1) is 19.7. The van der Waals surface area contributed by atoms with Gasteiger partial charge in [0.15, 0.2) is 0 Å². The smallest absolute Gasteiger partial charge is 0.378 e. The van der Waals surface area contributed by atoms with E-state index in [2.05, 4.69) is 4.90 Å².